The van der Waals surface area contributed by atoms with Gasteiger partial charge in [-0.15, -0.1) is 11.3 Å². The number of aromatic nitrogens is 1. The van der Waals surface area contributed by atoms with E-state index in [0.717, 1.165) is 10.6 Å². The summed E-state index contributed by atoms with van der Waals surface area (Å²) in [6, 6.07) is 3.44. The first-order chi connectivity index (χ1) is 13.7. The normalized spacial score (nSPS) is 12.4. The smallest absolute Gasteiger partial charge is 0.252 e. The minimum absolute atomic E-state index is 0.236. The van der Waals surface area contributed by atoms with E-state index in [1.165, 1.54) is 11.3 Å². The molecule has 0 aliphatic rings. The number of hydrogen-bond donors (Lipinski definition) is 2. The molecule has 3 rings (SSSR count). The Balaban J connectivity index is 2.21. The molecule has 0 aliphatic carbocycles. The van der Waals surface area contributed by atoms with Crippen LogP contribution >= 0.6 is 11.3 Å². The maximum atomic E-state index is 12.4. The molecule has 2 aromatic heterocycles. The average molecular weight is 417 g/mol. The number of nitrogens with two attached hydrogens (primary N) is 2. The lowest BCUT2D eigenvalue weighted by Crippen LogP contribution is -2.31. The number of fused-ring (bicyclic) bond motifs is 1. The van der Waals surface area contributed by atoms with Crippen molar-refractivity contribution in [3.8, 4) is 5.75 Å². The summed E-state index contributed by atoms with van der Waals surface area (Å²) < 4.78 is 11.8. The van der Waals surface area contributed by atoms with Gasteiger partial charge in [0.25, 0.3) is 5.91 Å². The molecule has 9 heteroatoms. The van der Waals surface area contributed by atoms with E-state index in [4.69, 9.17) is 20.6 Å². The number of benzene rings is 1. The molecule has 29 heavy (non-hydrogen) atoms. The molecule has 0 fully saturated rings. The first-order valence-electron chi connectivity index (χ1n) is 9.02. The Morgan fingerprint density at radius 3 is 2.55 bits per heavy atom. The Kier molecular flexibility index (Phi) is 5.90. The second-order valence-corrected chi connectivity index (χ2v) is 8.05. The molecular weight excluding hydrogens is 392 g/mol. The molecule has 2 heterocycles. The number of thiazole rings is 1. The maximum absolute atomic E-state index is 12.4. The van der Waals surface area contributed by atoms with Crippen molar-refractivity contribution < 1.29 is 18.7 Å². The first kappa shape index (κ1) is 20.8. The zero-order valence-electron chi connectivity index (χ0n) is 16.8. The quantitative estimate of drug-likeness (QED) is 0.581. The van der Waals surface area contributed by atoms with Crippen LogP contribution in [-0.2, 0) is 11.4 Å². The maximum Gasteiger partial charge on any atom is 0.252 e. The van der Waals surface area contributed by atoms with Gasteiger partial charge in [0.2, 0.25) is 5.91 Å². The third kappa shape index (κ3) is 4.10. The van der Waals surface area contributed by atoms with Crippen molar-refractivity contribution in [2.75, 3.05) is 20.6 Å². The van der Waals surface area contributed by atoms with Crippen LogP contribution in [0.3, 0.4) is 0 Å². The molecule has 154 valence electrons. The number of primary amides is 2. The number of rotatable bonds is 8. The van der Waals surface area contributed by atoms with Gasteiger partial charge in [-0.3, -0.25) is 9.59 Å². The second-order valence-electron chi connectivity index (χ2n) is 7.11. The van der Waals surface area contributed by atoms with Gasteiger partial charge in [-0.25, -0.2) is 4.98 Å². The van der Waals surface area contributed by atoms with Gasteiger partial charge in [-0.2, -0.15) is 0 Å². The van der Waals surface area contributed by atoms with Gasteiger partial charge in [0, 0.05) is 17.5 Å². The van der Waals surface area contributed by atoms with E-state index >= 15 is 0 Å². The minimum Gasteiger partial charge on any atom is -0.488 e. The van der Waals surface area contributed by atoms with Gasteiger partial charge in [-0.05, 0) is 40.1 Å². The van der Waals surface area contributed by atoms with Crippen LogP contribution in [0, 0.1) is 13.8 Å². The predicted octanol–water partition coefficient (Wildman–Crippen LogP) is 2.31. The Bertz CT molecular complexity index is 1070. The average Bonchev–Trinajstić information content (AvgIpc) is 3.19. The van der Waals surface area contributed by atoms with Crippen molar-refractivity contribution in [2.45, 2.75) is 26.4 Å². The highest BCUT2D eigenvalue weighted by Crippen LogP contribution is 2.39. The molecule has 1 aromatic carbocycles. The number of aryl methyl sites for hydroxylation is 2. The van der Waals surface area contributed by atoms with Gasteiger partial charge < -0.3 is 25.5 Å². The fourth-order valence-corrected chi connectivity index (χ4v) is 4.07. The Morgan fingerprint density at radius 2 is 2.00 bits per heavy atom. The molecule has 3 aromatic rings. The highest BCUT2D eigenvalue weighted by molar-refractivity contribution is 7.09. The van der Waals surface area contributed by atoms with Crippen molar-refractivity contribution in [2.24, 2.45) is 11.5 Å². The summed E-state index contributed by atoms with van der Waals surface area (Å²) in [5.74, 6) is -1.04. The van der Waals surface area contributed by atoms with Crippen molar-refractivity contribution in [3.63, 3.8) is 0 Å². The van der Waals surface area contributed by atoms with E-state index in [9.17, 15) is 9.59 Å². The third-order valence-corrected chi connectivity index (χ3v) is 5.63. The van der Waals surface area contributed by atoms with Crippen LogP contribution in [0.5, 0.6) is 5.75 Å². The Morgan fingerprint density at radius 1 is 1.28 bits per heavy atom. The van der Waals surface area contributed by atoms with Gasteiger partial charge in [0.15, 0.2) is 0 Å². The predicted molar refractivity (Wildman–Crippen MR) is 111 cm³/mol. The molecule has 0 saturated carbocycles. The van der Waals surface area contributed by atoms with Crippen LogP contribution < -0.4 is 16.2 Å². The molecular formula is C20H24N4O4S. The third-order valence-electron chi connectivity index (χ3n) is 4.72. The molecule has 0 spiro atoms. The van der Waals surface area contributed by atoms with Gasteiger partial charge in [-0.1, -0.05) is 0 Å². The summed E-state index contributed by atoms with van der Waals surface area (Å²) in [5, 5.41) is 0.471. The van der Waals surface area contributed by atoms with Crippen LogP contribution in [0.25, 0.3) is 11.0 Å². The van der Waals surface area contributed by atoms with E-state index in [1.807, 2.05) is 25.9 Å². The van der Waals surface area contributed by atoms with Gasteiger partial charge >= 0.3 is 0 Å². The van der Waals surface area contributed by atoms with Crippen molar-refractivity contribution in [3.05, 3.63) is 45.1 Å². The largest absolute Gasteiger partial charge is 0.488 e. The van der Waals surface area contributed by atoms with E-state index in [1.54, 1.807) is 24.6 Å². The number of nitrogens with zero attached hydrogens (tertiary/aromatic N) is 2. The van der Waals surface area contributed by atoms with Crippen LogP contribution in [0.2, 0.25) is 0 Å². The first-order valence-corrected chi connectivity index (χ1v) is 9.90. The number of furan rings is 1. The number of carbonyl (C=O) groups is 2. The minimum atomic E-state index is -0.721. The summed E-state index contributed by atoms with van der Waals surface area (Å²) >= 11 is 1.49. The van der Waals surface area contributed by atoms with E-state index in [0.29, 0.717) is 34.6 Å². The number of ether oxygens (including phenoxy) is 1. The molecule has 2 amide bonds. The number of amides is 2. The van der Waals surface area contributed by atoms with E-state index < -0.39 is 17.7 Å². The SMILES string of the molecule is Cc1ncsc1COc1ccc2oc(C)c(C(N)=O)c2c1C(CN(C)C)C(N)=O. The summed E-state index contributed by atoms with van der Waals surface area (Å²) in [6.07, 6.45) is 0. The molecule has 8 nitrogen and oxygen atoms in total. The van der Waals surface area contributed by atoms with Crippen LogP contribution in [0.4, 0.5) is 0 Å². The van der Waals surface area contributed by atoms with Crippen LogP contribution in [-0.4, -0.2) is 42.3 Å². The summed E-state index contributed by atoms with van der Waals surface area (Å²) in [5.41, 5.74) is 15.2. The lowest BCUT2D eigenvalue weighted by Gasteiger charge is -2.22. The second kappa shape index (κ2) is 8.22. The molecule has 4 N–H and O–H groups in total. The highest BCUT2D eigenvalue weighted by Gasteiger charge is 2.30. The monoisotopic (exact) mass is 416 g/mol. The Hall–Kier alpha value is -2.91. The number of carbonyl (C=O) groups excluding carboxylic acids is 2. The summed E-state index contributed by atoms with van der Waals surface area (Å²) in [7, 11) is 3.68. The lowest BCUT2D eigenvalue weighted by molar-refractivity contribution is -0.119. The number of hydrogen-bond acceptors (Lipinski definition) is 7. The summed E-state index contributed by atoms with van der Waals surface area (Å²) in [6.45, 7) is 4.19. The van der Waals surface area contributed by atoms with Crippen molar-refractivity contribution in [1.82, 2.24) is 9.88 Å². The van der Waals surface area contributed by atoms with Crippen LogP contribution in [0.15, 0.2) is 22.1 Å². The fraction of sp³-hybridized carbons (Fsp3) is 0.350. The van der Waals surface area contributed by atoms with E-state index in [-0.39, 0.29) is 12.2 Å². The van der Waals surface area contributed by atoms with Crippen LogP contribution in [0.1, 0.15) is 38.2 Å². The molecule has 0 aliphatic heterocycles. The topological polar surface area (TPSA) is 125 Å². The molecule has 0 radical (unpaired) electrons. The van der Waals surface area contributed by atoms with Gasteiger partial charge in [0.1, 0.15) is 23.7 Å². The van der Waals surface area contributed by atoms with Crippen molar-refractivity contribution in [1.29, 1.82) is 0 Å². The Labute approximate surface area is 172 Å². The lowest BCUT2D eigenvalue weighted by atomic mass is 9.91. The standard InChI is InChI=1S/C20H24N4O4S/c1-10-15(29-9-23-10)8-27-13-5-6-14-18(16(20(22)26)11(2)28-14)17(13)12(19(21)25)7-24(3)4/h5-6,9,12H,7-8H2,1-4H3,(H2,21,25)(H2,22,26). The molecule has 1 unspecified atom stereocenters. The van der Waals surface area contributed by atoms with Gasteiger partial charge in [0.05, 0.1) is 27.6 Å². The summed E-state index contributed by atoms with van der Waals surface area (Å²) in [4.78, 5) is 31.6. The number of likely N-dealkylation sites (N-methyl/N-ethyl adjacent to an activating group) is 1. The van der Waals surface area contributed by atoms with Crippen molar-refractivity contribution >= 4 is 34.1 Å². The zero-order valence-corrected chi connectivity index (χ0v) is 17.6. The fourth-order valence-electron chi connectivity index (χ4n) is 3.38. The molecule has 0 bridgehead atoms. The zero-order chi connectivity index (χ0) is 21.3. The molecule has 1 atom stereocenters. The highest BCUT2D eigenvalue weighted by atomic mass is 32.1. The molecule has 0 saturated heterocycles. The van der Waals surface area contributed by atoms with E-state index in [2.05, 4.69) is 4.98 Å².